The molecule has 0 aromatic carbocycles. The van der Waals surface area contributed by atoms with E-state index < -0.39 is 0 Å². The van der Waals surface area contributed by atoms with Crippen LogP contribution in [0.5, 0.6) is 0 Å². The van der Waals surface area contributed by atoms with Crippen molar-refractivity contribution in [2.24, 2.45) is 20.0 Å². The van der Waals surface area contributed by atoms with Gasteiger partial charge >= 0.3 is 5.69 Å². The number of hydrogen-bond donors (Lipinski definition) is 1. The quantitative estimate of drug-likeness (QED) is 0.796. The van der Waals surface area contributed by atoms with Crippen molar-refractivity contribution >= 4 is 0 Å². The Labute approximate surface area is 125 Å². The zero-order valence-electron chi connectivity index (χ0n) is 13.3. The molecular weight excluding hydrogens is 268 g/mol. The van der Waals surface area contributed by atoms with Crippen LogP contribution >= 0.6 is 0 Å². The highest BCUT2D eigenvalue weighted by Gasteiger charge is 2.14. The lowest BCUT2D eigenvalue weighted by Gasteiger charge is -2.20. The second kappa shape index (κ2) is 7.04. The molecule has 1 atom stereocenters. The van der Waals surface area contributed by atoms with Crippen LogP contribution < -0.4 is 16.6 Å². The molecule has 1 saturated heterocycles. The maximum absolute atomic E-state index is 12.0. The highest BCUT2D eigenvalue weighted by molar-refractivity contribution is 5.05. The molecule has 0 aliphatic carbocycles. The van der Waals surface area contributed by atoms with Gasteiger partial charge in [-0.3, -0.25) is 9.36 Å². The minimum absolute atomic E-state index is 0.210. The van der Waals surface area contributed by atoms with Crippen LogP contribution in [0.2, 0.25) is 0 Å². The van der Waals surface area contributed by atoms with Gasteiger partial charge in [0, 0.05) is 38.9 Å². The van der Waals surface area contributed by atoms with Crippen molar-refractivity contribution in [3.63, 3.8) is 0 Å². The molecule has 1 N–H and O–H groups in total. The van der Waals surface area contributed by atoms with E-state index in [1.165, 1.54) is 37.5 Å². The van der Waals surface area contributed by atoms with Gasteiger partial charge < -0.3 is 14.8 Å². The lowest BCUT2D eigenvalue weighted by atomic mass is 10.1. The molecule has 0 bridgehead atoms. The number of aromatic nitrogens is 2. The number of likely N-dealkylation sites (tertiary alicyclic amines) is 1. The lowest BCUT2D eigenvalue weighted by Crippen LogP contribution is -2.40. The average molecular weight is 294 g/mol. The number of hydrogen-bond acceptors (Lipinski definition) is 4. The molecule has 2 rings (SSSR count). The van der Waals surface area contributed by atoms with E-state index in [4.69, 9.17) is 0 Å². The average Bonchev–Trinajstić information content (AvgIpc) is 2.95. The van der Waals surface area contributed by atoms with E-state index in [9.17, 15) is 9.59 Å². The first kappa shape index (κ1) is 16.0. The predicted octanol–water partition coefficient (Wildman–Crippen LogP) is -0.0945. The van der Waals surface area contributed by atoms with Gasteiger partial charge in [-0.25, -0.2) is 4.79 Å². The zero-order chi connectivity index (χ0) is 15.4. The van der Waals surface area contributed by atoms with Gasteiger partial charge in [-0.1, -0.05) is 6.92 Å². The Morgan fingerprint density at radius 1 is 1.24 bits per heavy atom. The first-order valence-corrected chi connectivity index (χ1v) is 7.67. The molecule has 1 aromatic rings. The normalized spacial score (nSPS) is 17.3. The highest BCUT2D eigenvalue weighted by Crippen LogP contribution is 2.09. The predicted molar refractivity (Wildman–Crippen MR) is 83.5 cm³/mol. The summed E-state index contributed by atoms with van der Waals surface area (Å²) in [6.07, 6.45) is 4.26. The fourth-order valence-electron chi connectivity index (χ4n) is 2.93. The van der Waals surface area contributed by atoms with E-state index in [0.717, 1.165) is 17.7 Å². The summed E-state index contributed by atoms with van der Waals surface area (Å²) in [5.74, 6) is 0.555. The van der Waals surface area contributed by atoms with E-state index in [0.29, 0.717) is 18.0 Å². The number of aryl methyl sites for hydroxylation is 1. The molecule has 6 heteroatoms. The minimum atomic E-state index is -0.286. The Morgan fingerprint density at radius 3 is 2.57 bits per heavy atom. The zero-order valence-corrected chi connectivity index (χ0v) is 13.3. The summed E-state index contributed by atoms with van der Waals surface area (Å²) in [4.78, 5) is 26.1. The van der Waals surface area contributed by atoms with Gasteiger partial charge in [0.05, 0.1) is 0 Å². The Balaban J connectivity index is 1.86. The monoisotopic (exact) mass is 294 g/mol. The Kier molecular flexibility index (Phi) is 5.36. The summed E-state index contributed by atoms with van der Waals surface area (Å²) in [7, 11) is 3.19. The molecular formula is C15H26N4O2. The third kappa shape index (κ3) is 4.04. The van der Waals surface area contributed by atoms with Crippen molar-refractivity contribution in [2.45, 2.75) is 26.3 Å². The SMILES string of the molecule is CC(CNCc1cn(C)c(=O)n(C)c1=O)CN1CCCC1. The maximum atomic E-state index is 12.0. The molecule has 0 spiro atoms. The molecule has 118 valence electrons. The highest BCUT2D eigenvalue weighted by atomic mass is 16.2. The van der Waals surface area contributed by atoms with Crippen molar-refractivity contribution in [1.29, 1.82) is 0 Å². The standard InChI is InChI=1S/C15H26N4O2/c1-12(10-19-6-4-5-7-19)8-16-9-13-11-17(2)15(21)18(3)14(13)20/h11-12,16H,4-10H2,1-3H3. The summed E-state index contributed by atoms with van der Waals surface area (Å²) in [6, 6.07) is 0. The summed E-state index contributed by atoms with van der Waals surface area (Å²) < 4.78 is 2.61. The maximum Gasteiger partial charge on any atom is 0.330 e. The van der Waals surface area contributed by atoms with Gasteiger partial charge in [0.2, 0.25) is 0 Å². The topological polar surface area (TPSA) is 59.3 Å². The summed E-state index contributed by atoms with van der Waals surface area (Å²) in [5.41, 5.74) is 0.136. The molecule has 0 radical (unpaired) electrons. The molecule has 1 fully saturated rings. The van der Waals surface area contributed by atoms with Crippen LogP contribution in [-0.2, 0) is 20.6 Å². The number of nitrogens with one attached hydrogen (secondary N) is 1. The van der Waals surface area contributed by atoms with Gasteiger partial charge in [-0.05, 0) is 38.4 Å². The minimum Gasteiger partial charge on any atom is -0.312 e. The molecule has 6 nitrogen and oxygen atoms in total. The molecule has 1 unspecified atom stereocenters. The van der Waals surface area contributed by atoms with E-state index in [-0.39, 0.29) is 11.2 Å². The van der Waals surface area contributed by atoms with Crippen LogP contribution in [-0.4, -0.2) is 40.2 Å². The van der Waals surface area contributed by atoms with Crippen LogP contribution in [0.3, 0.4) is 0 Å². The lowest BCUT2D eigenvalue weighted by molar-refractivity contribution is 0.282. The Morgan fingerprint density at radius 2 is 1.90 bits per heavy atom. The number of rotatable bonds is 6. The largest absolute Gasteiger partial charge is 0.330 e. The molecule has 1 aliphatic rings. The molecule has 0 saturated carbocycles. The molecule has 0 amide bonds. The fraction of sp³-hybridized carbons (Fsp3) is 0.733. The molecule has 2 heterocycles. The van der Waals surface area contributed by atoms with Crippen molar-refractivity contribution in [3.8, 4) is 0 Å². The van der Waals surface area contributed by atoms with Gasteiger partial charge in [0.25, 0.3) is 5.56 Å². The van der Waals surface area contributed by atoms with Gasteiger partial charge in [0.15, 0.2) is 0 Å². The first-order chi connectivity index (χ1) is 9.99. The second-order valence-electron chi connectivity index (χ2n) is 6.16. The van der Waals surface area contributed by atoms with E-state index >= 15 is 0 Å². The summed E-state index contributed by atoms with van der Waals surface area (Å²) in [5, 5.41) is 3.33. The third-order valence-electron chi connectivity index (χ3n) is 4.09. The summed E-state index contributed by atoms with van der Waals surface area (Å²) >= 11 is 0. The smallest absolute Gasteiger partial charge is 0.312 e. The van der Waals surface area contributed by atoms with Crippen molar-refractivity contribution in [1.82, 2.24) is 19.4 Å². The van der Waals surface area contributed by atoms with E-state index in [1.54, 1.807) is 13.2 Å². The van der Waals surface area contributed by atoms with Crippen LogP contribution in [0, 0.1) is 5.92 Å². The third-order valence-corrected chi connectivity index (χ3v) is 4.09. The van der Waals surface area contributed by atoms with Crippen LogP contribution in [0.25, 0.3) is 0 Å². The van der Waals surface area contributed by atoms with Crippen LogP contribution in [0.15, 0.2) is 15.8 Å². The van der Waals surface area contributed by atoms with Crippen molar-refractivity contribution in [2.75, 3.05) is 26.2 Å². The van der Waals surface area contributed by atoms with Gasteiger partial charge in [0.1, 0.15) is 0 Å². The molecule has 1 aromatic heterocycles. The van der Waals surface area contributed by atoms with Crippen LogP contribution in [0.4, 0.5) is 0 Å². The number of nitrogens with zero attached hydrogens (tertiary/aromatic N) is 3. The van der Waals surface area contributed by atoms with Gasteiger partial charge in [-0.2, -0.15) is 0 Å². The van der Waals surface area contributed by atoms with E-state index in [2.05, 4.69) is 17.1 Å². The van der Waals surface area contributed by atoms with E-state index in [1.807, 2.05) is 0 Å². The van der Waals surface area contributed by atoms with Crippen molar-refractivity contribution in [3.05, 3.63) is 32.6 Å². The Bertz CT molecular complexity index is 584. The van der Waals surface area contributed by atoms with Crippen LogP contribution in [0.1, 0.15) is 25.3 Å². The first-order valence-electron chi connectivity index (χ1n) is 7.67. The molecule has 1 aliphatic heterocycles. The Hall–Kier alpha value is -1.40. The molecule has 21 heavy (non-hydrogen) atoms. The van der Waals surface area contributed by atoms with Crippen molar-refractivity contribution < 1.29 is 0 Å². The second-order valence-corrected chi connectivity index (χ2v) is 6.16. The summed E-state index contributed by atoms with van der Waals surface area (Å²) in [6.45, 7) is 7.15. The fourth-order valence-corrected chi connectivity index (χ4v) is 2.93. The van der Waals surface area contributed by atoms with Gasteiger partial charge in [-0.15, -0.1) is 0 Å².